The van der Waals surface area contributed by atoms with Crippen LogP contribution < -0.4 is 0 Å². The smallest absolute Gasteiger partial charge is 0.269 e. The Morgan fingerprint density at radius 3 is 2.74 bits per heavy atom. The van der Waals surface area contributed by atoms with E-state index in [1.165, 1.54) is 10.9 Å². The fourth-order valence-electron chi connectivity index (χ4n) is 1.99. The van der Waals surface area contributed by atoms with Crippen molar-refractivity contribution in [3.05, 3.63) is 47.5 Å². The summed E-state index contributed by atoms with van der Waals surface area (Å²) in [6.07, 6.45) is 3.02. The maximum Gasteiger partial charge on any atom is 0.320 e. The third kappa shape index (κ3) is 2.19. The molecule has 0 bridgehead atoms. The Morgan fingerprint density at radius 1 is 1.26 bits per heavy atom. The van der Waals surface area contributed by atoms with E-state index in [1.807, 2.05) is 0 Å². The van der Waals surface area contributed by atoms with Gasteiger partial charge in [-0.2, -0.15) is 13.9 Å². The van der Waals surface area contributed by atoms with E-state index in [-0.39, 0.29) is 12.4 Å². The zero-order valence-corrected chi connectivity index (χ0v) is 10.4. The molecule has 0 spiro atoms. The van der Waals surface area contributed by atoms with Crippen LogP contribution in [0.2, 0.25) is 5.02 Å². The van der Waals surface area contributed by atoms with Crippen molar-refractivity contribution < 1.29 is 8.78 Å². The minimum Gasteiger partial charge on any atom is -0.269 e. The molecule has 3 rings (SSSR count). The number of hydrogen-bond acceptors (Lipinski definition) is 2. The zero-order valence-electron chi connectivity index (χ0n) is 9.67. The van der Waals surface area contributed by atoms with Gasteiger partial charge in [0.05, 0.1) is 28.8 Å². The fourth-order valence-corrected chi connectivity index (χ4v) is 2.15. The van der Waals surface area contributed by atoms with Gasteiger partial charge in [-0.1, -0.05) is 23.7 Å². The Kier molecular flexibility index (Phi) is 2.94. The Balaban J connectivity index is 2.09. The van der Waals surface area contributed by atoms with E-state index in [1.54, 1.807) is 30.5 Å². The number of benzene rings is 1. The van der Waals surface area contributed by atoms with Crippen molar-refractivity contribution in [2.24, 2.45) is 0 Å². The highest BCUT2D eigenvalue weighted by molar-refractivity contribution is 6.30. The average molecular weight is 283 g/mol. The summed E-state index contributed by atoms with van der Waals surface area (Å²) in [6, 6.07) is 6.79. The molecule has 3 aromatic rings. The third-order valence-electron chi connectivity index (χ3n) is 2.77. The van der Waals surface area contributed by atoms with Crippen LogP contribution in [0.5, 0.6) is 0 Å². The second-order valence-corrected chi connectivity index (χ2v) is 4.46. The van der Waals surface area contributed by atoms with Gasteiger partial charge in [0, 0.05) is 6.20 Å². The third-order valence-corrected chi connectivity index (χ3v) is 2.96. The summed E-state index contributed by atoms with van der Waals surface area (Å²) in [5.74, 6) is 0.246. The molecule has 1 aromatic carbocycles. The largest absolute Gasteiger partial charge is 0.320 e. The van der Waals surface area contributed by atoms with E-state index in [4.69, 9.17) is 11.6 Å². The standard InChI is InChI=1S/C12H9ClF2N4/c13-8-5-16-18(6-8)7-11-17-9-3-1-2-4-10(9)19(11)12(14)15/h1-6,12H,7H2. The van der Waals surface area contributed by atoms with E-state index < -0.39 is 6.55 Å². The molecule has 2 aromatic heterocycles. The van der Waals surface area contributed by atoms with Crippen LogP contribution >= 0.6 is 11.6 Å². The van der Waals surface area contributed by atoms with Gasteiger partial charge in [0.15, 0.2) is 0 Å². The van der Waals surface area contributed by atoms with Crippen molar-refractivity contribution in [2.45, 2.75) is 13.1 Å². The lowest BCUT2D eigenvalue weighted by atomic mass is 10.3. The van der Waals surface area contributed by atoms with Crippen molar-refractivity contribution in [3.8, 4) is 0 Å². The lowest BCUT2D eigenvalue weighted by molar-refractivity contribution is 0.0710. The van der Waals surface area contributed by atoms with Crippen molar-refractivity contribution in [3.63, 3.8) is 0 Å². The summed E-state index contributed by atoms with van der Waals surface area (Å²) in [5, 5.41) is 4.43. The monoisotopic (exact) mass is 282 g/mol. The molecule has 0 radical (unpaired) electrons. The van der Waals surface area contributed by atoms with Crippen LogP contribution in [0.25, 0.3) is 11.0 Å². The van der Waals surface area contributed by atoms with Gasteiger partial charge < -0.3 is 0 Å². The molecule has 98 valence electrons. The molecule has 0 saturated heterocycles. The van der Waals surface area contributed by atoms with Gasteiger partial charge in [-0.05, 0) is 12.1 Å². The first-order chi connectivity index (χ1) is 9.15. The van der Waals surface area contributed by atoms with Gasteiger partial charge in [-0.15, -0.1) is 0 Å². The van der Waals surface area contributed by atoms with Crippen molar-refractivity contribution >= 4 is 22.6 Å². The molecule has 0 aliphatic heterocycles. The SMILES string of the molecule is FC(F)n1c(Cn2cc(Cl)cn2)nc2ccccc21. The summed E-state index contributed by atoms with van der Waals surface area (Å²) in [5.41, 5.74) is 0.946. The second-order valence-electron chi connectivity index (χ2n) is 4.02. The predicted molar refractivity (Wildman–Crippen MR) is 67.3 cm³/mol. The first-order valence-electron chi connectivity index (χ1n) is 5.57. The molecule has 0 unspecified atom stereocenters. The fraction of sp³-hybridized carbons (Fsp3) is 0.167. The normalized spacial score (nSPS) is 11.6. The van der Waals surface area contributed by atoms with E-state index in [0.29, 0.717) is 16.1 Å². The molecule has 0 saturated carbocycles. The summed E-state index contributed by atoms with van der Waals surface area (Å²) in [6.45, 7) is -2.50. The lowest BCUT2D eigenvalue weighted by Gasteiger charge is -2.07. The van der Waals surface area contributed by atoms with Gasteiger partial charge in [0.2, 0.25) is 0 Å². The highest BCUT2D eigenvalue weighted by Crippen LogP contribution is 2.23. The molecule has 0 amide bonds. The number of fused-ring (bicyclic) bond motifs is 1. The molecule has 0 aliphatic carbocycles. The van der Waals surface area contributed by atoms with E-state index >= 15 is 0 Å². The quantitative estimate of drug-likeness (QED) is 0.739. The first-order valence-corrected chi connectivity index (χ1v) is 5.95. The van der Waals surface area contributed by atoms with E-state index in [9.17, 15) is 8.78 Å². The number of hydrogen-bond donors (Lipinski definition) is 0. The number of aromatic nitrogens is 4. The number of para-hydroxylation sites is 2. The molecule has 19 heavy (non-hydrogen) atoms. The average Bonchev–Trinajstić information content (AvgIpc) is 2.92. The lowest BCUT2D eigenvalue weighted by Crippen LogP contribution is -2.09. The molecular weight excluding hydrogens is 274 g/mol. The molecule has 0 fully saturated rings. The maximum atomic E-state index is 13.2. The van der Waals surface area contributed by atoms with E-state index in [2.05, 4.69) is 10.1 Å². The number of alkyl halides is 2. The summed E-state index contributed by atoms with van der Waals surface area (Å²) in [4.78, 5) is 4.22. The number of imidazole rings is 1. The van der Waals surface area contributed by atoms with Gasteiger partial charge in [-0.3, -0.25) is 9.25 Å². The Hall–Kier alpha value is -1.95. The van der Waals surface area contributed by atoms with Crippen molar-refractivity contribution in [1.29, 1.82) is 0 Å². The number of halogens is 3. The highest BCUT2D eigenvalue weighted by Gasteiger charge is 2.17. The van der Waals surface area contributed by atoms with Crippen molar-refractivity contribution in [2.75, 3.05) is 0 Å². The Labute approximate surface area is 112 Å². The molecule has 7 heteroatoms. The molecule has 0 aliphatic rings. The van der Waals surface area contributed by atoms with Crippen LogP contribution in [0, 0.1) is 0 Å². The molecule has 0 atom stereocenters. The Bertz CT molecular complexity index is 719. The van der Waals surface area contributed by atoms with Crippen LogP contribution in [-0.4, -0.2) is 19.3 Å². The van der Waals surface area contributed by atoms with E-state index in [0.717, 1.165) is 4.57 Å². The zero-order chi connectivity index (χ0) is 13.4. The maximum absolute atomic E-state index is 13.2. The topological polar surface area (TPSA) is 35.6 Å². The molecule has 0 N–H and O–H groups in total. The van der Waals surface area contributed by atoms with Crippen LogP contribution in [0.4, 0.5) is 8.78 Å². The summed E-state index contributed by atoms with van der Waals surface area (Å²) in [7, 11) is 0. The van der Waals surface area contributed by atoms with Gasteiger partial charge >= 0.3 is 6.55 Å². The number of rotatable bonds is 3. The van der Waals surface area contributed by atoms with Crippen LogP contribution in [0.15, 0.2) is 36.7 Å². The highest BCUT2D eigenvalue weighted by atomic mass is 35.5. The molecule has 4 nitrogen and oxygen atoms in total. The van der Waals surface area contributed by atoms with Crippen LogP contribution in [-0.2, 0) is 6.54 Å². The van der Waals surface area contributed by atoms with Gasteiger partial charge in [0.1, 0.15) is 5.82 Å². The summed E-state index contributed by atoms with van der Waals surface area (Å²) >= 11 is 5.75. The number of nitrogens with zero attached hydrogens (tertiary/aromatic N) is 4. The van der Waals surface area contributed by atoms with Gasteiger partial charge in [0.25, 0.3) is 0 Å². The first kappa shape index (κ1) is 12.1. The second kappa shape index (κ2) is 4.62. The minimum absolute atomic E-state index is 0.145. The van der Waals surface area contributed by atoms with Crippen LogP contribution in [0.1, 0.15) is 12.4 Å². The Morgan fingerprint density at radius 2 is 2.05 bits per heavy atom. The van der Waals surface area contributed by atoms with Crippen LogP contribution in [0.3, 0.4) is 0 Å². The van der Waals surface area contributed by atoms with Crippen molar-refractivity contribution in [1.82, 2.24) is 19.3 Å². The molecule has 2 heterocycles. The predicted octanol–water partition coefficient (Wildman–Crippen LogP) is 3.33. The van der Waals surface area contributed by atoms with Gasteiger partial charge in [-0.25, -0.2) is 4.98 Å². The minimum atomic E-state index is -2.64. The molecular formula is C12H9ClF2N4. The summed E-state index contributed by atoms with van der Waals surface area (Å²) < 4.78 is 28.7.